The normalized spacial score (nSPS) is 11.5. The molecule has 0 atom stereocenters. The van der Waals surface area contributed by atoms with Gasteiger partial charge in [0, 0.05) is 0 Å². The number of carbonyl (C=O) groups excluding carboxylic acids is 1. The molecule has 0 unspecified atom stereocenters. The Hall–Kier alpha value is -2.81. The topological polar surface area (TPSA) is 35.5 Å². The summed E-state index contributed by atoms with van der Waals surface area (Å²) < 4.78 is 9.84. The van der Waals surface area contributed by atoms with Crippen LogP contribution in [0.25, 0.3) is 17.7 Å². The van der Waals surface area contributed by atoms with E-state index in [1.165, 1.54) is 20.5 Å². The van der Waals surface area contributed by atoms with Crippen LogP contribution in [0.4, 0.5) is 0 Å². The van der Waals surface area contributed by atoms with Gasteiger partial charge in [-0.2, -0.15) is 0 Å². The number of hydrogen-bond acceptors (Lipinski definition) is 3. The minimum Gasteiger partial charge on any atom is -0.503 e. The van der Waals surface area contributed by atoms with Crippen LogP contribution in [-0.2, 0) is 14.3 Å². The highest BCUT2D eigenvalue weighted by molar-refractivity contribution is 6.17. The van der Waals surface area contributed by atoms with Crippen LogP contribution in [0.1, 0.15) is 16.7 Å². The third-order valence-electron chi connectivity index (χ3n) is 3.15. The lowest BCUT2D eigenvalue weighted by Crippen LogP contribution is -2.05. The Labute approximate surface area is 130 Å². The van der Waals surface area contributed by atoms with Gasteiger partial charge in [-0.05, 0) is 16.7 Å². The molecule has 0 heterocycles. The average molecular weight is 294 g/mol. The SMILES string of the molecule is CO/C=C(\C(=O)OC)c1ccccc1/C=C/c1ccccc1. The zero-order valence-corrected chi connectivity index (χ0v) is 12.7. The molecule has 0 amide bonds. The predicted octanol–water partition coefficient (Wildman–Crippen LogP) is 4.02. The van der Waals surface area contributed by atoms with Gasteiger partial charge in [-0.25, -0.2) is 4.79 Å². The molecule has 0 bridgehead atoms. The van der Waals surface area contributed by atoms with E-state index in [9.17, 15) is 4.79 Å². The zero-order valence-electron chi connectivity index (χ0n) is 12.7. The van der Waals surface area contributed by atoms with Crippen LogP contribution in [0, 0.1) is 0 Å². The van der Waals surface area contributed by atoms with Crippen LogP contribution in [-0.4, -0.2) is 20.2 Å². The lowest BCUT2D eigenvalue weighted by Gasteiger charge is -2.09. The van der Waals surface area contributed by atoms with Gasteiger partial charge < -0.3 is 9.47 Å². The van der Waals surface area contributed by atoms with E-state index in [1.807, 2.05) is 66.7 Å². The van der Waals surface area contributed by atoms with Crippen molar-refractivity contribution < 1.29 is 14.3 Å². The standard InChI is InChI=1S/C19H18O3/c1-21-14-18(19(20)22-2)17-11-7-6-10-16(17)13-12-15-8-4-3-5-9-15/h3-14H,1-2H3/b13-12+,18-14-. The molecule has 0 saturated heterocycles. The highest BCUT2D eigenvalue weighted by Crippen LogP contribution is 2.22. The van der Waals surface area contributed by atoms with Crippen molar-refractivity contribution in [3.63, 3.8) is 0 Å². The van der Waals surface area contributed by atoms with Crippen LogP contribution < -0.4 is 0 Å². The minimum absolute atomic E-state index is 0.387. The number of methoxy groups -OCH3 is 2. The van der Waals surface area contributed by atoms with E-state index in [2.05, 4.69) is 0 Å². The molecule has 0 saturated carbocycles. The third-order valence-corrected chi connectivity index (χ3v) is 3.15. The molecule has 0 aliphatic carbocycles. The molecule has 0 spiro atoms. The second-order valence-corrected chi connectivity index (χ2v) is 4.59. The van der Waals surface area contributed by atoms with Crippen LogP contribution in [0.15, 0.2) is 60.9 Å². The zero-order chi connectivity index (χ0) is 15.8. The molecule has 0 radical (unpaired) electrons. The van der Waals surface area contributed by atoms with Gasteiger partial charge in [0.2, 0.25) is 0 Å². The lowest BCUT2D eigenvalue weighted by molar-refractivity contribution is -0.133. The Morgan fingerprint density at radius 3 is 2.27 bits per heavy atom. The summed E-state index contributed by atoms with van der Waals surface area (Å²) >= 11 is 0. The monoisotopic (exact) mass is 294 g/mol. The summed E-state index contributed by atoms with van der Waals surface area (Å²) in [7, 11) is 2.86. The van der Waals surface area contributed by atoms with Gasteiger partial charge in [-0.1, -0.05) is 66.7 Å². The van der Waals surface area contributed by atoms with Crippen molar-refractivity contribution in [2.75, 3.05) is 14.2 Å². The van der Waals surface area contributed by atoms with Gasteiger partial charge in [0.25, 0.3) is 0 Å². The predicted molar refractivity (Wildman–Crippen MR) is 88.8 cm³/mol. The quantitative estimate of drug-likeness (QED) is 0.362. The van der Waals surface area contributed by atoms with E-state index in [1.54, 1.807) is 0 Å². The van der Waals surface area contributed by atoms with E-state index in [0.717, 1.165) is 16.7 Å². The molecule has 0 aliphatic rings. The molecular formula is C19H18O3. The van der Waals surface area contributed by atoms with Gasteiger partial charge in [0.15, 0.2) is 0 Å². The molecule has 2 aromatic rings. The van der Waals surface area contributed by atoms with Crippen molar-refractivity contribution >= 4 is 23.7 Å². The van der Waals surface area contributed by atoms with E-state index in [0.29, 0.717) is 5.57 Å². The molecule has 0 aliphatic heterocycles. The highest BCUT2D eigenvalue weighted by atomic mass is 16.5. The first-order valence-electron chi connectivity index (χ1n) is 6.90. The second-order valence-electron chi connectivity index (χ2n) is 4.59. The molecule has 0 fully saturated rings. The first-order chi connectivity index (χ1) is 10.8. The highest BCUT2D eigenvalue weighted by Gasteiger charge is 2.15. The van der Waals surface area contributed by atoms with Crippen molar-refractivity contribution in [2.45, 2.75) is 0 Å². The number of ether oxygens (including phenoxy) is 2. The molecule has 22 heavy (non-hydrogen) atoms. The van der Waals surface area contributed by atoms with Crippen LogP contribution in [0.2, 0.25) is 0 Å². The molecule has 112 valence electrons. The summed E-state index contributed by atoms with van der Waals surface area (Å²) in [5, 5.41) is 0. The van der Waals surface area contributed by atoms with Crippen molar-refractivity contribution in [2.24, 2.45) is 0 Å². The van der Waals surface area contributed by atoms with Gasteiger partial charge >= 0.3 is 5.97 Å². The summed E-state index contributed by atoms with van der Waals surface area (Å²) in [6.07, 6.45) is 5.37. The van der Waals surface area contributed by atoms with Gasteiger partial charge in [-0.15, -0.1) is 0 Å². The summed E-state index contributed by atoms with van der Waals surface area (Å²) in [4.78, 5) is 11.9. The summed E-state index contributed by atoms with van der Waals surface area (Å²) in [5.41, 5.74) is 3.16. The third kappa shape index (κ3) is 3.85. The Bertz CT molecular complexity index is 685. The second kappa shape index (κ2) is 7.84. The maximum absolute atomic E-state index is 11.9. The number of rotatable bonds is 5. The Kier molecular flexibility index (Phi) is 5.55. The Morgan fingerprint density at radius 1 is 0.909 bits per heavy atom. The smallest absolute Gasteiger partial charge is 0.341 e. The fourth-order valence-corrected chi connectivity index (χ4v) is 2.09. The Morgan fingerprint density at radius 2 is 1.59 bits per heavy atom. The molecular weight excluding hydrogens is 276 g/mol. The van der Waals surface area contributed by atoms with Crippen LogP contribution in [0.3, 0.4) is 0 Å². The molecule has 2 rings (SSSR count). The maximum Gasteiger partial charge on any atom is 0.341 e. The molecule has 0 aromatic heterocycles. The summed E-state index contributed by atoms with van der Waals surface area (Å²) in [6, 6.07) is 17.6. The number of carbonyl (C=O) groups is 1. The van der Waals surface area contributed by atoms with Crippen LogP contribution in [0.5, 0.6) is 0 Å². The molecule has 0 N–H and O–H groups in total. The summed E-state index contributed by atoms with van der Waals surface area (Å²) in [5.74, 6) is -0.428. The Balaban J connectivity index is 2.40. The summed E-state index contributed by atoms with van der Waals surface area (Å²) in [6.45, 7) is 0. The number of esters is 1. The number of hydrogen-bond donors (Lipinski definition) is 0. The largest absolute Gasteiger partial charge is 0.503 e. The lowest BCUT2D eigenvalue weighted by atomic mass is 9.99. The minimum atomic E-state index is -0.428. The van der Waals surface area contributed by atoms with Gasteiger partial charge in [0.05, 0.1) is 20.5 Å². The van der Waals surface area contributed by atoms with E-state index < -0.39 is 5.97 Å². The van der Waals surface area contributed by atoms with Crippen molar-refractivity contribution in [1.29, 1.82) is 0 Å². The van der Waals surface area contributed by atoms with Crippen molar-refractivity contribution in [3.8, 4) is 0 Å². The van der Waals surface area contributed by atoms with Gasteiger partial charge in [-0.3, -0.25) is 0 Å². The first kappa shape index (κ1) is 15.6. The van der Waals surface area contributed by atoms with Crippen molar-refractivity contribution in [1.82, 2.24) is 0 Å². The van der Waals surface area contributed by atoms with Gasteiger partial charge in [0.1, 0.15) is 5.57 Å². The fraction of sp³-hybridized carbons (Fsp3) is 0.105. The molecule has 2 aromatic carbocycles. The average Bonchev–Trinajstić information content (AvgIpc) is 2.58. The number of benzene rings is 2. The van der Waals surface area contributed by atoms with Crippen LogP contribution >= 0.6 is 0 Å². The van der Waals surface area contributed by atoms with E-state index in [4.69, 9.17) is 9.47 Å². The molecule has 3 nitrogen and oxygen atoms in total. The van der Waals surface area contributed by atoms with Crippen molar-refractivity contribution in [3.05, 3.63) is 77.5 Å². The fourth-order valence-electron chi connectivity index (χ4n) is 2.09. The first-order valence-corrected chi connectivity index (χ1v) is 6.90. The molecule has 3 heteroatoms. The maximum atomic E-state index is 11.9. The van der Waals surface area contributed by atoms with E-state index in [-0.39, 0.29) is 0 Å². The van der Waals surface area contributed by atoms with E-state index >= 15 is 0 Å².